The summed E-state index contributed by atoms with van der Waals surface area (Å²) in [5.41, 5.74) is 0. The summed E-state index contributed by atoms with van der Waals surface area (Å²) >= 11 is 0. The number of benzene rings is 1. The van der Waals surface area contributed by atoms with Gasteiger partial charge in [0.15, 0.2) is 0 Å². The van der Waals surface area contributed by atoms with E-state index in [-0.39, 0.29) is 6.10 Å². The smallest absolute Gasteiger partial charge is 0.229 e. The Hall–Kier alpha value is -0.590. The number of rotatable bonds is 4. The lowest BCUT2D eigenvalue weighted by atomic mass is 9.75. The minimum atomic E-state index is -2.72. The van der Waals surface area contributed by atoms with Crippen LogP contribution in [0.2, 0.25) is 0 Å². The quantitative estimate of drug-likeness (QED) is 0.753. The van der Waals surface area contributed by atoms with Gasteiger partial charge in [0.05, 0.1) is 6.10 Å². The predicted octanol–water partition coefficient (Wildman–Crippen LogP) is 4.70. The topological polar surface area (TPSA) is 26.3 Å². The van der Waals surface area contributed by atoms with Crippen LogP contribution < -0.4 is 5.30 Å². The summed E-state index contributed by atoms with van der Waals surface area (Å²) < 4.78 is 19.1. The van der Waals surface area contributed by atoms with Gasteiger partial charge in [-0.2, -0.15) is 0 Å². The van der Waals surface area contributed by atoms with Crippen LogP contribution in [0.25, 0.3) is 0 Å². The SMILES string of the molecule is CC(C)[C@H]1CC[C@H](C)C[C@@H]1O[P@@](C)(=O)c1ccccc1. The molecular weight excluding hydrogens is 267 g/mol. The molecule has 3 heteroatoms. The van der Waals surface area contributed by atoms with Crippen molar-refractivity contribution < 1.29 is 9.09 Å². The van der Waals surface area contributed by atoms with E-state index in [0.717, 1.165) is 11.7 Å². The Morgan fingerprint density at radius 1 is 1.20 bits per heavy atom. The monoisotopic (exact) mass is 294 g/mol. The molecule has 1 aliphatic carbocycles. The zero-order valence-electron chi connectivity index (χ0n) is 13.1. The maximum Gasteiger partial charge on any atom is 0.229 e. The molecule has 20 heavy (non-hydrogen) atoms. The zero-order chi connectivity index (χ0) is 14.8. The van der Waals surface area contributed by atoms with Gasteiger partial charge in [0.25, 0.3) is 0 Å². The van der Waals surface area contributed by atoms with E-state index >= 15 is 0 Å². The molecule has 4 atom stereocenters. The molecule has 1 fully saturated rings. The maximum atomic E-state index is 12.9. The molecule has 0 heterocycles. The molecule has 1 aliphatic rings. The van der Waals surface area contributed by atoms with Crippen molar-refractivity contribution in [1.29, 1.82) is 0 Å². The van der Waals surface area contributed by atoms with Crippen molar-refractivity contribution in [1.82, 2.24) is 0 Å². The standard InChI is InChI=1S/C17H27O2P/c1-13(2)16-11-10-14(3)12-17(16)19-20(4,18)15-8-6-5-7-9-15/h5-9,13-14,16-17H,10-12H2,1-4H3/t14-,16+,17-,20+/m0/s1. The lowest BCUT2D eigenvalue weighted by molar-refractivity contribution is 0.0506. The van der Waals surface area contributed by atoms with E-state index in [9.17, 15) is 4.57 Å². The Labute approximate surface area is 123 Å². The Morgan fingerprint density at radius 2 is 1.85 bits per heavy atom. The second-order valence-corrected chi connectivity index (χ2v) is 9.07. The molecular formula is C17H27O2P. The van der Waals surface area contributed by atoms with Gasteiger partial charge in [0.1, 0.15) is 0 Å². The average Bonchev–Trinajstić information content (AvgIpc) is 2.39. The maximum absolute atomic E-state index is 12.9. The Bertz CT molecular complexity index is 469. The van der Waals surface area contributed by atoms with Crippen molar-refractivity contribution in [3.8, 4) is 0 Å². The molecule has 1 aromatic carbocycles. The molecule has 0 amide bonds. The highest BCUT2D eigenvalue weighted by molar-refractivity contribution is 7.66. The Kier molecular flexibility index (Phi) is 5.09. The van der Waals surface area contributed by atoms with Crippen LogP contribution in [0.4, 0.5) is 0 Å². The first-order chi connectivity index (χ1) is 9.40. The lowest BCUT2D eigenvalue weighted by Gasteiger charge is -2.38. The van der Waals surface area contributed by atoms with Crippen LogP contribution in [-0.2, 0) is 9.09 Å². The molecule has 0 N–H and O–H groups in total. The van der Waals surface area contributed by atoms with Crippen LogP contribution in [0, 0.1) is 17.8 Å². The van der Waals surface area contributed by atoms with Crippen LogP contribution in [0.5, 0.6) is 0 Å². The zero-order valence-corrected chi connectivity index (χ0v) is 14.0. The molecule has 0 radical (unpaired) electrons. The molecule has 0 aromatic heterocycles. The highest BCUT2D eigenvalue weighted by Crippen LogP contribution is 2.48. The fourth-order valence-electron chi connectivity index (χ4n) is 3.25. The first-order valence-electron chi connectivity index (χ1n) is 7.71. The van der Waals surface area contributed by atoms with Crippen LogP contribution in [0.15, 0.2) is 30.3 Å². The normalized spacial score (nSPS) is 30.1. The molecule has 2 rings (SSSR count). The van der Waals surface area contributed by atoms with Gasteiger partial charge in [-0.25, -0.2) is 0 Å². The fourth-order valence-corrected chi connectivity index (χ4v) is 4.85. The van der Waals surface area contributed by atoms with E-state index in [0.29, 0.717) is 17.8 Å². The third-order valence-corrected chi connectivity index (χ3v) is 6.43. The highest BCUT2D eigenvalue weighted by Gasteiger charge is 2.35. The first kappa shape index (κ1) is 15.8. The van der Waals surface area contributed by atoms with Crippen LogP contribution in [0.3, 0.4) is 0 Å². The van der Waals surface area contributed by atoms with Crippen LogP contribution >= 0.6 is 7.37 Å². The molecule has 0 saturated heterocycles. The first-order valence-corrected chi connectivity index (χ1v) is 9.79. The summed E-state index contributed by atoms with van der Waals surface area (Å²) in [6, 6.07) is 9.63. The largest absolute Gasteiger partial charge is 0.322 e. The summed E-state index contributed by atoms with van der Waals surface area (Å²) in [5.74, 6) is 1.79. The molecule has 2 nitrogen and oxygen atoms in total. The van der Waals surface area contributed by atoms with E-state index in [2.05, 4.69) is 20.8 Å². The Morgan fingerprint density at radius 3 is 2.45 bits per heavy atom. The summed E-state index contributed by atoms with van der Waals surface area (Å²) in [6.45, 7) is 8.54. The molecule has 0 aliphatic heterocycles. The van der Waals surface area contributed by atoms with Crippen molar-refractivity contribution in [3.05, 3.63) is 30.3 Å². The van der Waals surface area contributed by atoms with Crippen molar-refractivity contribution in [2.45, 2.75) is 46.1 Å². The predicted molar refractivity (Wildman–Crippen MR) is 85.8 cm³/mol. The lowest BCUT2D eigenvalue weighted by Crippen LogP contribution is -2.34. The van der Waals surface area contributed by atoms with Gasteiger partial charge in [-0.15, -0.1) is 0 Å². The van der Waals surface area contributed by atoms with Gasteiger partial charge in [-0.05, 0) is 42.7 Å². The highest BCUT2D eigenvalue weighted by atomic mass is 31.2. The van der Waals surface area contributed by atoms with Crippen molar-refractivity contribution in [2.24, 2.45) is 17.8 Å². The second kappa shape index (κ2) is 6.45. The van der Waals surface area contributed by atoms with E-state index in [1.165, 1.54) is 12.8 Å². The molecule has 1 aromatic rings. The molecule has 0 spiro atoms. The van der Waals surface area contributed by atoms with Gasteiger partial charge < -0.3 is 4.52 Å². The van der Waals surface area contributed by atoms with E-state index in [4.69, 9.17) is 4.52 Å². The summed E-state index contributed by atoms with van der Waals surface area (Å²) in [5, 5.41) is 0.834. The summed E-state index contributed by atoms with van der Waals surface area (Å²) in [7, 11) is -2.72. The van der Waals surface area contributed by atoms with Gasteiger partial charge in [0.2, 0.25) is 7.37 Å². The minimum Gasteiger partial charge on any atom is -0.322 e. The molecule has 1 saturated carbocycles. The Balaban J connectivity index is 2.15. The fraction of sp³-hybridized carbons (Fsp3) is 0.647. The summed E-state index contributed by atoms with van der Waals surface area (Å²) in [6.07, 6.45) is 3.63. The van der Waals surface area contributed by atoms with E-state index in [1.54, 1.807) is 6.66 Å². The number of hydrogen-bond donors (Lipinski definition) is 0. The van der Waals surface area contributed by atoms with Gasteiger partial charge in [-0.1, -0.05) is 45.4 Å². The van der Waals surface area contributed by atoms with E-state index in [1.807, 2.05) is 30.3 Å². The molecule has 0 bridgehead atoms. The number of hydrogen-bond acceptors (Lipinski definition) is 2. The molecule has 0 unspecified atom stereocenters. The van der Waals surface area contributed by atoms with Crippen molar-refractivity contribution in [3.63, 3.8) is 0 Å². The van der Waals surface area contributed by atoms with E-state index < -0.39 is 7.37 Å². The van der Waals surface area contributed by atoms with Crippen LogP contribution in [0.1, 0.15) is 40.0 Å². The van der Waals surface area contributed by atoms with Gasteiger partial charge in [0, 0.05) is 12.0 Å². The second-order valence-electron chi connectivity index (χ2n) is 6.65. The summed E-state index contributed by atoms with van der Waals surface area (Å²) in [4.78, 5) is 0. The average molecular weight is 294 g/mol. The third kappa shape index (κ3) is 3.74. The third-order valence-electron chi connectivity index (χ3n) is 4.52. The van der Waals surface area contributed by atoms with Crippen molar-refractivity contribution in [2.75, 3.05) is 6.66 Å². The van der Waals surface area contributed by atoms with Crippen molar-refractivity contribution >= 4 is 12.7 Å². The molecule has 112 valence electrons. The van der Waals surface area contributed by atoms with Gasteiger partial charge in [-0.3, -0.25) is 4.57 Å². The van der Waals surface area contributed by atoms with Gasteiger partial charge >= 0.3 is 0 Å². The minimum absolute atomic E-state index is 0.134. The van der Waals surface area contributed by atoms with Crippen LogP contribution in [-0.4, -0.2) is 12.8 Å².